The van der Waals surface area contributed by atoms with Crippen LogP contribution in [0.4, 0.5) is 0 Å². The molecule has 1 aromatic carbocycles. The molecule has 0 aliphatic carbocycles. The molecule has 6 heteroatoms. The number of ether oxygens (including phenoxy) is 2. The molecule has 6 nitrogen and oxygen atoms in total. The summed E-state index contributed by atoms with van der Waals surface area (Å²) in [6.07, 6.45) is 2.68. The zero-order chi connectivity index (χ0) is 17.7. The molecule has 1 aliphatic rings. The lowest BCUT2D eigenvalue weighted by molar-refractivity contribution is -0.141. The van der Waals surface area contributed by atoms with Crippen molar-refractivity contribution in [1.29, 1.82) is 0 Å². The predicted octanol–water partition coefficient (Wildman–Crippen LogP) is 1.89. The highest BCUT2D eigenvalue weighted by molar-refractivity contribution is 5.95. The first-order valence-electron chi connectivity index (χ1n) is 7.90. The van der Waals surface area contributed by atoms with Crippen LogP contribution in [0, 0.1) is 0 Å². The van der Waals surface area contributed by atoms with Gasteiger partial charge >= 0.3 is 0 Å². The summed E-state index contributed by atoms with van der Waals surface area (Å²) in [5, 5.41) is 2.91. The van der Waals surface area contributed by atoms with Crippen LogP contribution in [0.2, 0.25) is 0 Å². The number of carbonyl (C=O) groups excluding carboxylic acids is 2. The molecule has 1 aliphatic heterocycles. The molecule has 0 radical (unpaired) electrons. The normalized spacial score (nSPS) is 19.7. The summed E-state index contributed by atoms with van der Waals surface area (Å²) >= 11 is 0. The number of likely N-dealkylation sites (tertiary alicyclic amines) is 1. The van der Waals surface area contributed by atoms with Gasteiger partial charge in [-0.25, -0.2) is 0 Å². The van der Waals surface area contributed by atoms with Crippen LogP contribution in [0.25, 0.3) is 0 Å². The van der Waals surface area contributed by atoms with Crippen molar-refractivity contribution in [1.82, 2.24) is 10.2 Å². The quantitative estimate of drug-likeness (QED) is 0.808. The number of hydrogen-bond acceptors (Lipinski definition) is 4. The Kier molecular flexibility index (Phi) is 5.49. The molecular weight excluding hydrogens is 308 g/mol. The van der Waals surface area contributed by atoms with Gasteiger partial charge in [-0.1, -0.05) is 18.7 Å². The van der Waals surface area contributed by atoms with E-state index in [2.05, 4.69) is 11.9 Å². The van der Waals surface area contributed by atoms with E-state index in [1.807, 2.05) is 12.1 Å². The molecule has 0 aromatic heterocycles. The summed E-state index contributed by atoms with van der Waals surface area (Å²) < 4.78 is 10.6. The van der Waals surface area contributed by atoms with Gasteiger partial charge in [0.25, 0.3) is 0 Å². The maximum Gasteiger partial charge on any atom is 0.246 e. The maximum atomic E-state index is 12.7. The highest BCUT2D eigenvalue weighted by atomic mass is 16.5. The molecule has 0 saturated carbocycles. The van der Waals surface area contributed by atoms with E-state index in [9.17, 15) is 9.59 Å². The molecular formula is C18H24N2O4. The Bertz CT molecular complexity index is 644. The Balaban J connectivity index is 2.13. The Labute approximate surface area is 142 Å². The van der Waals surface area contributed by atoms with Crippen molar-refractivity contribution >= 4 is 11.8 Å². The van der Waals surface area contributed by atoms with E-state index in [1.165, 1.54) is 6.08 Å². The van der Waals surface area contributed by atoms with E-state index >= 15 is 0 Å². The van der Waals surface area contributed by atoms with Crippen molar-refractivity contribution in [3.05, 3.63) is 36.4 Å². The van der Waals surface area contributed by atoms with E-state index < -0.39 is 5.54 Å². The van der Waals surface area contributed by atoms with Gasteiger partial charge in [0.2, 0.25) is 11.8 Å². The Morgan fingerprint density at radius 1 is 1.38 bits per heavy atom. The third kappa shape index (κ3) is 3.22. The molecule has 1 aromatic rings. The molecule has 1 N–H and O–H groups in total. The average Bonchev–Trinajstić information content (AvgIpc) is 3.01. The van der Waals surface area contributed by atoms with Gasteiger partial charge < -0.3 is 19.7 Å². The summed E-state index contributed by atoms with van der Waals surface area (Å²) in [7, 11) is 3.13. The van der Waals surface area contributed by atoms with E-state index in [1.54, 1.807) is 32.1 Å². The van der Waals surface area contributed by atoms with Crippen molar-refractivity contribution in [2.24, 2.45) is 0 Å². The second kappa shape index (κ2) is 7.38. The summed E-state index contributed by atoms with van der Waals surface area (Å²) in [6.45, 7) is 6.17. The smallest absolute Gasteiger partial charge is 0.246 e. The fourth-order valence-corrected chi connectivity index (χ4v) is 3.12. The molecule has 1 saturated heterocycles. The highest BCUT2D eigenvalue weighted by Crippen LogP contribution is 2.32. The lowest BCUT2D eigenvalue weighted by Crippen LogP contribution is -2.54. The minimum Gasteiger partial charge on any atom is -0.493 e. The largest absolute Gasteiger partial charge is 0.493 e. The van der Waals surface area contributed by atoms with E-state index in [0.29, 0.717) is 31.0 Å². The number of carbonyl (C=O) groups is 2. The van der Waals surface area contributed by atoms with Crippen molar-refractivity contribution in [3.63, 3.8) is 0 Å². The number of benzene rings is 1. The minimum atomic E-state index is -0.850. The van der Waals surface area contributed by atoms with Gasteiger partial charge in [-0.15, -0.1) is 0 Å². The first kappa shape index (κ1) is 17.8. The van der Waals surface area contributed by atoms with Crippen molar-refractivity contribution in [3.8, 4) is 11.5 Å². The fraction of sp³-hybridized carbons (Fsp3) is 0.444. The molecule has 2 amide bonds. The Hall–Kier alpha value is -2.50. The van der Waals surface area contributed by atoms with Gasteiger partial charge in [0, 0.05) is 18.7 Å². The standard InChI is InChI=1S/C18H24N2O4/c1-5-15(21)20-11-7-10-18(20,2)17(22)19-12-13-8-6-9-14(23-3)16(13)24-4/h5-6,8-9H,1,7,10-12H2,2-4H3,(H,19,22)/t18-/m1/s1. The number of nitrogens with one attached hydrogen (secondary N) is 1. The first-order valence-corrected chi connectivity index (χ1v) is 7.90. The van der Waals surface area contributed by atoms with Crippen LogP contribution in [-0.4, -0.2) is 43.0 Å². The summed E-state index contributed by atoms with van der Waals surface area (Å²) in [4.78, 5) is 26.3. The van der Waals surface area contributed by atoms with Gasteiger partial charge in [-0.05, 0) is 31.9 Å². The van der Waals surface area contributed by atoms with Crippen LogP contribution in [0.5, 0.6) is 11.5 Å². The lowest BCUT2D eigenvalue weighted by atomic mass is 9.97. The van der Waals surface area contributed by atoms with Crippen LogP contribution < -0.4 is 14.8 Å². The van der Waals surface area contributed by atoms with Crippen LogP contribution in [-0.2, 0) is 16.1 Å². The predicted molar refractivity (Wildman–Crippen MR) is 90.9 cm³/mol. The lowest BCUT2D eigenvalue weighted by Gasteiger charge is -2.33. The number of nitrogens with zero attached hydrogens (tertiary/aromatic N) is 1. The number of hydrogen-bond donors (Lipinski definition) is 1. The number of methoxy groups -OCH3 is 2. The SMILES string of the molecule is C=CC(=O)N1CCC[C@]1(C)C(=O)NCc1cccc(OC)c1OC. The molecule has 24 heavy (non-hydrogen) atoms. The molecule has 1 heterocycles. The van der Waals surface area contributed by atoms with E-state index in [4.69, 9.17) is 9.47 Å². The van der Waals surface area contributed by atoms with Crippen LogP contribution in [0.15, 0.2) is 30.9 Å². The summed E-state index contributed by atoms with van der Waals surface area (Å²) in [5.41, 5.74) is -0.0365. The number of rotatable bonds is 6. The van der Waals surface area contributed by atoms with Gasteiger partial charge in [-0.3, -0.25) is 9.59 Å². The Morgan fingerprint density at radius 2 is 2.12 bits per heavy atom. The number of para-hydroxylation sites is 1. The van der Waals surface area contributed by atoms with Crippen molar-refractivity contribution in [2.75, 3.05) is 20.8 Å². The second-order valence-electron chi connectivity index (χ2n) is 5.91. The highest BCUT2D eigenvalue weighted by Gasteiger charge is 2.44. The molecule has 1 atom stereocenters. The topological polar surface area (TPSA) is 67.9 Å². The molecule has 2 rings (SSSR count). The third-order valence-electron chi connectivity index (χ3n) is 4.49. The van der Waals surface area contributed by atoms with Gasteiger partial charge in [-0.2, -0.15) is 0 Å². The van der Waals surface area contributed by atoms with E-state index in [0.717, 1.165) is 12.0 Å². The number of amides is 2. The molecule has 0 bridgehead atoms. The summed E-state index contributed by atoms with van der Waals surface area (Å²) in [6, 6.07) is 5.51. The van der Waals surface area contributed by atoms with Crippen LogP contribution >= 0.6 is 0 Å². The zero-order valence-electron chi connectivity index (χ0n) is 14.4. The van der Waals surface area contributed by atoms with Gasteiger partial charge in [0.15, 0.2) is 11.5 Å². The maximum absolute atomic E-state index is 12.7. The molecule has 130 valence electrons. The second-order valence-corrected chi connectivity index (χ2v) is 5.91. The Morgan fingerprint density at radius 3 is 2.75 bits per heavy atom. The molecule has 0 unspecified atom stereocenters. The average molecular weight is 332 g/mol. The monoisotopic (exact) mass is 332 g/mol. The first-order chi connectivity index (χ1) is 11.5. The third-order valence-corrected chi connectivity index (χ3v) is 4.49. The zero-order valence-corrected chi connectivity index (χ0v) is 14.4. The fourth-order valence-electron chi connectivity index (χ4n) is 3.12. The minimum absolute atomic E-state index is 0.180. The van der Waals surface area contributed by atoms with E-state index in [-0.39, 0.29) is 11.8 Å². The molecule has 1 fully saturated rings. The summed E-state index contributed by atoms with van der Waals surface area (Å²) in [5.74, 6) is 0.805. The van der Waals surface area contributed by atoms with Crippen molar-refractivity contribution < 1.29 is 19.1 Å². The van der Waals surface area contributed by atoms with Gasteiger partial charge in [0.05, 0.1) is 14.2 Å². The van der Waals surface area contributed by atoms with Crippen LogP contribution in [0.3, 0.4) is 0 Å². The molecule has 0 spiro atoms. The van der Waals surface area contributed by atoms with Crippen molar-refractivity contribution in [2.45, 2.75) is 31.8 Å². The van der Waals surface area contributed by atoms with Gasteiger partial charge in [0.1, 0.15) is 5.54 Å². The van der Waals surface area contributed by atoms with Crippen LogP contribution in [0.1, 0.15) is 25.3 Å².